The van der Waals surface area contributed by atoms with Crippen LogP contribution in [0.4, 0.5) is 0 Å². The number of rotatable bonds is 3. The standard InChI is InChI=1S/C11H18N2/c1-8(2)9(3)13-7-6-11(12-13)10-4-5-10/h6-10H,4-5H2,1-3H3. The van der Waals surface area contributed by atoms with E-state index in [1.54, 1.807) is 0 Å². The van der Waals surface area contributed by atoms with Crippen LogP contribution in [0.25, 0.3) is 0 Å². The van der Waals surface area contributed by atoms with Crippen molar-refractivity contribution in [3.05, 3.63) is 18.0 Å². The molecule has 0 saturated heterocycles. The quantitative estimate of drug-likeness (QED) is 0.695. The molecule has 1 unspecified atom stereocenters. The predicted molar refractivity (Wildman–Crippen MR) is 53.8 cm³/mol. The summed E-state index contributed by atoms with van der Waals surface area (Å²) in [5, 5.41) is 4.61. The van der Waals surface area contributed by atoms with Gasteiger partial charge in [0, 0.05) is 12.1 Å². The van der Waals surface area contributed by atoms with Crippen LogP contribution in [0.3, 0.4) is 0 Å². The maximum Gasteiger partial charge on any atom is 0.0655 e. The minimum atomic E-state index is 0.521. The van der Waals surface area contributed by atoms with E-state index in [1.165, 1.54) is 18.5 Å². The molecule has 0 spiro atoms. The van der Waals surface area contributed by atoms with Crippen molar-refractivity contribution in [3.63, 3.8) is 0 Å². The molecule has 0 amide bonds. The van der Waals surface area contributed by atoms with E-state index in [0.717, 1.165) is 5.92 Å². The lowest BCUT2D eigenvalue weighted by molar-refractivity contribution is 0.373. The van der Waals surface area contributed by atoms with Gasteiger partial charge in [0.05, 0.1) is 11.7 Å². The van der Waals surface area contributed by atoms with Gasteiger partial charge in [-0.15, -0.1) is 0 Å². The van der Waals surface area contributed by atoms with E-state index >= 15 is 0 Å². The molecule has 2 heteroatoms. The van der Waals surface area contributed by atoms with Crippen molar-refractivity contribution < 1.29 is 0 Å². The van der Waals surface area contributed by atoms with E-state index < -0.39 is 0 Å². The molecule has 1 saturated carbocycles. The first kappa shape index (κ1) is 8.79. The van der Waals surface area contributed by atoms with Crippen LogP contribution in [0.5, 0.6) is 0 Å². The normalized spacial score (nSPS) is 19.4. The van der Waals surface area contributed by atoms with E-state index in [9.17, 15) is 0 Å². The van der Waals surface area contributed by atoms with Gasteiger partial charge in [-0.3, -0.25) is 4.68 Å². The fourth-order valence-corrected chi connectivity index (χ4v) is 1.48. The largest absolute Gasteiger partial charge is 0.269 e. The summed E-state index contributed by atoms with van der Waals surface area (Å²) in [6.45, 7) is 6.71. The molecular formula is C11H18N2. The second kappa shape index (κ2) is 3.17. The minimum Gasteiger partial charge on any atom is -0.269 e. The third kappa shape index (κ3) is 1.77. The van der Waals surface area contributed by atoms with Crippen molar-refractivity contribution in [3.8, 4) is 0 Å². The maximum atomic E-state index is 4.61. The SMILES string of the molecule is CC(C)C(C)n1ccc(C2CC2)n1. The molecule has 1 aliphatic rings. The zero-order chi connectivity index (χ0) is 9.42. The first-order valence-electron chi connectivity index (χ1n) is 5.23. The Kier molecular flexibility index (Phi) is 2.14. The Hall–Kier alpha value is -0.790. The van der Waals surface area contributed by atoms with Crippen LogP contribution in [-0.2, 0) is 0 Å². The molecule has 72 valence electrons. The highest BCUT2D eigenvalue weighted by molar-refractivity contribution is 5.12. The van der Waals surface area contributed by atoms with Gasteiger partial charge in [-0.05, 0) is 31.7 Å². The lowest BCUT2D eigenvalue weighted by atomic mass is 10.1. The summed E-state index contributed by atoms with van der Waals surface area (Å²) in [6, 6.07) is 2.70. The number of aromatic nitrogens is 2. The topological polar surface area (TPSA) is 17.8 Å². The van der Waals surface area contributed by atoms with Gasteiger partial charge in [0.1, 0.15) is 0 Å². The third-order valence-electron chi connectivity index (χ3n) is 3.01. The van der Waals surface area contributed by atoms with Crippen molar-refractivity contribution >= 4 is 0 Å². The van der Waals surface area contributed by atoms with Gasteiger partial charge in [-0.2, -0.15) is 5.10 Å². The monoisotopic (exact) mass is 178 g/mol. The molecule has 1 atom stereocenters. The van der Waals surface area contributed by atoms with Crippen LogP contribution in [-0.4, -0.2) is 9.78 Å². The van der Waals surface area contributed by atoms with Crippen molar-refractivity contribution in [2.45, 2.75) is 45.6 Å². The highest BCUT2D eigenvalue weighted by Gasteiger charge is 2.26. The highest BCUT2D eigenvalue weighted by atomic mass is 15.3. The fourth-order valence-electron chi connectivity index (χ4n) is 1.48. The molecule has 1 heterocycles. The molecule has 0 aromatic carbocycles. The Balaban J connectivity index is 2.11. The number of nitrogens with zero attached hydrogens (tertiary/aromatic N) is 2. The Morgan fingerprint density at radius 2 is 2.08 bits per heavy atom. The van der Waals surface area contributed by atoms with E-state index in [0.29, 0.717) is 12.0 Å². The van der Waals surface area contributed by atoms with Crippen LogP contribution in [0.15, 0.2) is 12.3 Å². The summed E-state index contributed by atoms with van der Waals surface area (Å²) in [6.07, 6.45) is 4.80. The second-order valence-corrected chi connectivity index (χ2v) is 4.48. The fraction of sp³-hybridized carbons (Fsp3) is 0.727. The molecule has 13 heavy (non-hydrogen) atoms. The first-order chi connectivity index (χ1) is 6.18. The van der Waals surface area contributed by atoms with Gasteiger partial charge in [0.15, 0.2) is 0 Å². The van der Waals surface area contributed by atoms with Gasteiger partial charge in [-0.25, -0.2) is 0 Å². The third-order valence-corrected chi connectivity index (χ3v) is 3.01. The molecule has 0 radical (unpaired) electrons. The molecule has 2 rings (SSSR count). The van der Waals surface area contributed by atoms with Crippen LogP contribution in [0.1, 0.15) is 51.3 Å². The van der Waals surface area contributed by atoms with Crippen molar-refractivity contribution in [1.82, 2.24) is 9.78 Å². The van der Waals surface area contributed by atoms with Crippen molar-refractivity contribution in [1.29, 1.82) is 0 Å². The van der Waals surface area contributed by atoms with Gasteiger partial charge < -0.3 is 0 Å². The Labute approximate surface area is 80.0 Å². The average molecular weight is 178 g/mol. The summed E-state index contributed by atoms with van der Waals surface area (Å²) >= 11 is 0. The molecule has 0 N–H and O–H groups in total. The lowest BCUT2D eigenvalue weighted by Crippen LogP contribution is -2.12. The van der Waals surface area contributed by atoms with E-state index in [2.05, 4.69) is 42.8 Å². The Bertz CT molecular complexity index is 284. The number of hydrogen-bond donors (Lipinski definition) is 0. The van der Waals surface area contributed by atoms with Gasteiger partial charge >= 0.3 is 0 Å². The van der Waals surface area contributed by atoms with Crippen LogP contribution >= 0.6 is 0 Å². The van der Waals surface area contributed by atoms with Gasteiger partial charge in [0.25, 0.3) is 0 Å². The molecule has 0 aliphatic heterocycles. The summed E-state index contributed by atoms with van der Waals surface area (Å²) in [5.74, 6) is 1.44. The van der Waals surface area contributed by atoms with Gasteiger partial charge in [0.2, 0.25) is 0 Å². The van der Waals surface area contributed by atoms with Crippen LogP contribution in [0, 0.1) is 5.92 Å². The van der Waals surface area contributed by atoms with E-state index in [-0.39, 0.29) is 0 Å². The summed E-state index contributed by atoms with van der Waals surface area (Å²) in [7, 11) is 0. The molecule has 0 bridgehead atoms. The van der Waals surface area contributed by atoms with Crippen LogP contribution in [0.2, 0.25) is 0 Å². The Morgan fingerprint density at radius 1 is 1.38 bits per heavy atom. The zero-order valence-electron chi connectivity index (χ0n) is 8.70. The summed E-state index contributed by atoms with van der Waals surface area (Å²) < 4.78 is 2.11. The average Bonchev–Trinajstić information content (AvgIpc) is 2.83. The van der Waals surface area contributed by atoms with E-state index in [1.807, 2.05) is 0 Å². The van der Waals surface area contributed by atoms with Crippen molar-refractivity contribution in [2.24, 2.45) is 5.92 Å². The molecule has 1 aromatic rings. The number of hydrogen-bond acceptors (Lipinski definition) is 1. The molecule has 2 nitrogen and oxygen atoms in total. The highest BCUT2D eigenvalue weighted by Crippen LogP contribution is 2.39. The zero-order valence-corrected chi connectivity index (χ0v) is 8.70. The first-order valence-corrected chi connectivity index (χ1v) is 5.23. The maximum absolute atomic E-state index is 4.61. The van der Waals surface area contributed by atoms with E-state index in [4.69, 9.17) is 0 Å². The molecule has 1 aliphatic carbocycles. The van der Waals surface area contributed by atoms with Crippen molar-refractivity contribution in [2.75, 3.05) is 0 Å². The summed E-state index contributed by atoms with van der Waals surface area (Å²) in [5.41, 5.74) is 1.30. The minimum absolute atomic E-state index is 0.521. The second-order valence-electron chi connectivity index (χ2n) is 4.48. The van der Waals surface area contributed by atoms with Crippen LogP contribution < -0.4 is 0 Å². The predicted octanol–water partition coefficient (Wildman–Crippen LogP) is 2.98. The smallest absolute Gasteiger partial charge is 0.0655 e. The lowest BCUT2D eigenvalue weighted by Gasteiger charge is -2.15. The molecular weight excluding hydrogens is 160 g/mol. The van der Waals surface area contributed by atoms with Gasteiger partial charge in [-0.1, -0.05) is 13.8 Å². The summed E-state index contributed by atoms with van der Waals surface area (Å²) in [4.78, 5) is 0. The molecule has 1 aromatic heterocycles. The molecule has 1 fully saturated rings. The Morgan fingerprint density at radius 3 is 2.62 bits per heavy atom.